The Labute approximate surface area is 71.0 Å². The number of hydrogen-bond donors (Lipinski definition) is 0. The molecular weight excluding hydrogens is 132 g/mol. The molecule has 0 amide bonds. The predicted molar refractivity (Wildman–Crippen MR) is 52.6 cm³/mol. The van der Waals surface area contributed by atoms with Crippen molar-refractivity contribution in [1.29, 1.82) is 0 Å². The smallest absolute Gasteiger partial charge is 0.0173 e. The molecule has 0 aromatic rings. The van der Waals surface area contributed by atoms with Crippen molar-refractivity contribution in [2.24, 2.45) is 5.41 Å². The van der Waals surface area contributed by atoms with Crippen LogP contribution in [0.15, 0.2) is 23.3 Å². The van der Waals surface area contributed by atoms with Crippen molar-refractivity contribution >= 4 is 0 Å². The van der Waals surface area contributed by atoms with Crippen LogP contribution in [0.2, 0.25) is 0 Å². The molecule has 0 aliphatic heterocycles. The van der Waals surface area contributed by atoms with E-state index in [1.165, 1.54) is 11.1 Å². The summed E-state index contributed by atoms with van der Waals surface area (Å²) in [6.45, 7) is 13.1. The van der Waals surface area contributed by atoms with Crippen LogP contribution in [0.3, 0.4) is 0 Å². The zero-order chi connectivity index (χ0) is 9.07. The van der Waals surface area contributed by atoms with Crippen LogP contribution in [-0.2, 0) is 0 Å². The van der Waals surface area contributed by atoms with Crippen molar-refractivity contribution in [2.75, 3.05) is 0 Å². The third-order valence-corrected chi connectivity index (χ3v) is 1.85. The van der Waals surface area contributed by atoms with Gasteiger partial charge in [-0.15, -0.1) is 0 Å². The van der Waals surface area contributed by atoms with Crippen molar-refractivity contribution in [3.05, 3.63) is 23.3 Å². The standard InChI is InChI=1S/C11H20/c1-9(2)7-8-10(3)11(4,5)6/h7-8H,1-6H3. The summed E-state index contributed by atoms with van der Waals surface area (Å²) < 4.78 is 0. The minimum atomic E-state index is 0.311. The van der Waals surface area contributed by atoms with Crippen LogP contribution in [-0.4, -0.2) is 0 Å². The molecule has 0 saturated heterocycles. The molecular formula is C11H20. The fourth-order valence-corrected chi connectivity index (χ4v) is 0.542. The van der Waals surface area contributed by atoms with E-state index in [9.17, 15) is 0 Å². The molecule has 0 heteroatoms. The Balaban J connectivity index is 4.36. The van der Waals surface area contributed by atoms with E-state index in [2.05, 4.69) is 53.7 Å². The molecule has 0 N–H and O–H groups in total. The summed E-state index contributed by atoms with van der Waals surface area (Å²) in [5.74, 6) is 0. The normalized spacial score (nSPS) is 13.1. The van der Waals surface area contributed by atoms with Gasteiger partial charge in [0.05, 0.1) is 0 Å². The fraction of sp³-hybridized carbons (Fsp3) is 0.636. The van der Waals surface area contributed by atoms with Crippen LogP contribution in [0.1, 0.15) is 41.5 Å². The molecule has 0 heterocycles. The van der Waals surface area contributed by atoms with Gasteiger partial charge in [-0.05, 0) is 26.2 Å². The van der Waals surface area contributed by atoms with Gasteiger partial charge in [0, 0.05) is 0 Å². The van der Waals surface area contributed by atoms with Crippen molar-refractivity contribution in [3.8, 4) is 0 Å². The molecule has 0 aliphatic rings. The van der Waals surface area contributed by atoms with Gasteiger partial charge in [-0.1, -0.05) is 44.1 Å². The summed E-state index contributed by atoms with van der Waals surface area (Å²) in [7, 11) is 0. The molecule has 0 aromatic carbocycles. The molecule has 0 atom stereocenters. The molecule has 0 aliphatic carbocycles. The second-order valence-corrected chi connectivity index (χ2v) is 4.34. The van der Waals surface area contributed by atoms with E-state index < -0.39 is 0 Å². The summed E-state index contributed by atoms with van der Waals surface area (Å²) in [6, 6.07) is 0. The molecule has 0 unspecified atom stereocenters. The maximum absolute atomic E-state index is 2.23. The van der Waals surface area contributed by atoms with E-state index in [1.807, 2.05) is 0 Å². The quantitative estimate of drug-likeness (QED) is 0.499. The number of rotatable bonds is 1. The lowest BCUT2D eigenvalue weighted by atomic mass is 9.87. The average Bonchev–Trinajstić information content (AvgIpc) is 1.80. The Hall–Kier alpha value is -0.520. The van der Waals surface area contributed by atoms with E-state index in [4.69, 9.17) is 0 Å². The van der Waals surface area contributed by atoms with Gasteiger partial charge >= 0.3 is 0 Å². The molecule has 0 saturated carbocycles. The second-order valence-electron chi connectivity index (χ2n) is 4.34. The SMILES string of the molecule is CC(C)=CC=C(C)C(C)(C)C. The predicted octanol–water partition coefficient (Wildman–Crippen LogP) is 3.95. The van der Waals surface area contributed by atoms with Crippen molar-refractivity contribution < 1.29 is 0 Å². The van der Waals surface area contributed by atoms with Crippen molar-refractivity contribution in [2.45, 2.75) is 41.5 Å². The molecule has 0 aromatic heterocycles. The van der Waals surface area contributed by atoms with E-state index >= 15 is 0 Å². The number of hydrogen-bond acceptors (Lipinski definition) is 0. The third-order valence-electron chi connectivity index (χ3n) is 1.85. The highest BCUT2D eigenvalue weighted by Gasteiger charge is 2.10. The lowest BCUT2D eigenvalue weighted by Gasteiger charge is -2.18. The van der Waals surface area contributed by atoms with Gasteiger partial charge < -0.3 is 0 Å². The first-order chi connectivity index (χ1) is 4.84. The number of allylic oxidation sites excluding steroid dienone is 4. The Kier molecular flexibility index (Phi) is 3.57. The van der Waals surface area contributed by atoms with Crippen LogP contribution in [0.25, 0.3) is 0 Å². The van der Waals surface area contributed by atoms with E-state index in [0.29, 0.717) is 5.41 Å². The molecule has 0 fully saturated rings. The zero-order valence-corrected chi connectivity index (χ0v) is 8.65. The van der Waals surface area contributed by atoms with Gasteiger partial charge in [0.1, 0.15) is 0 Å². The summed E-state index contributed by atoms with van der Waals surface area (Å²) >= 11 is 0. The minimum absolute atomic E-state index is 0.311. The molecule has 0 spiro atoms. The third kappa shape index (κ3) is 4.83. The Morgan fingerprint density at radius 2 is 1.36 bits per heavy atom. The lowest BCUT2D eigenvalue weighted by Crippen LogP contribution is -2.05. The lowest BCUT2D eigenvalue weighted by molar-refractivity contribution is 0.504. The summed E-state index contributed by atoms with van der Waals surface area (Å²) in [5.41, 5.74) is 3.10. The zero-order valence-electron chi connectivity index (χ0n) is 8.65. The molecule has 0 bridgehead atoms. The van der Waals surface area contributed by atoms with Gasteiger partial charge in [0.15, 0.2) is 0 Å². The van der Waals surface area contributed by atoms with Crippen LogP contribution in [0, 0.1) is 5.41 Å². The molecule has 0 nitrogen and oxygen atoms in total. The maximum Gasteiger partial charge on any atom is -0.0173 e. The topological polar surface area (TPSA) is 0 Å². The first-order valence-electron chi connectivity index (χ1n) is 4.16. The second kappa shape index (κ2) is 3.75. The highest BCUT2D eigenvalue weighted by molar-refractivity contribution is 5.18. The van der Waals surface area contributed by atoms with Gasteiger partial charge in [-0.25, -0.2) is 0 Å². The summed E-state index contributed by atoms with van der Waals surface area (Å²) in [5, 5.41) is 0. The van der Waals surface area contributed by atoms with E-state index in [1.54, 1.807) is 0 Å². The first-order valence-corrected chi connectivity index (χ1v) is 4.16. The van der Waals surface area contributed by atoms with Crippen LogP contribution < -0.4 is 0 Å². The molecule has 0 radical (unpaired) electrons. The monoisotopic (exact) mass is 152 g/mol. The van der Waals surface area contributed by atoms with Crippen LogP contribution >= 0.6 is 0 Å². The van der Waals surface area contributed by atoms with Crippen LogP contribution in [0.4, 0.5) is 0 Å². The van der Waals surface area contributed by atoms with Gasteiger partial charge in [0.2, 0.25) is 0 Å². The van der Waals surface area contributed by atoms with Crippen molar-refractivity contribution in [3.63, 3.8) is 0 Å². The van der Waals surface area contributed by atoms with Gasteiger partial charge in [0.25, 0.3) is 0 Å². The maximum atomic E-state index is 2.23. The van der Waals surface area contributed by atoms with E-state index in [-0.39, 0.29) is 0 Å². The van der Waals surface area contributed by atoms with E-state index in [0.717, 1.165) is 0 Å². The van der Waals surface area contributed by atoms with Gasteiger partial charge in [-0.3, -0.25) is 0 Å². The molecule has 0 rings (SSSR count). The van der Waals surface area contributed by atoms with Crippen LogP contribution in [0.5, 0.6) is 0 Å². The Morgan fingerprint density at radius 1 is 0.909 bits per heavy atom. The first kappa shape index (κ1) is 10.5. The molecule has 64 valence electrons. The largest absolute Gasteiger partial charge is 0.0764 e. The Morgan fingerprint density at radius 3 is 1.64 bits per heavy atom. The van der Waals surface area contributed by atoms with Gasteiger partial charge in [-0.2, -0.15) is 0 Å². The average molecular weight is 152 g/mol. The Bertz CT molecular complexity index is 171. The summed E-state index contributed by atoms with van der Waals surface area (Å²) in [6.07, 6.45) is 4.37. The fourth-order valence-electron chi connectivity index (χ4n) is 0.542. The molecule has 11 heavy (non-hydrogen) atoms. The highest BCUT2D eigenvalue weighted by Crippen LogP contribution is 2.24. The highest BCUT2D eigenvalue weighted by atomic mass is 14.2. The minimum Gasteiger partial charge on any atom is -0.0764 e. The summed E-state index contributed by atoms with van der Waals surface area (Å²) in [4.78, 5) is 0. The van der Waals surface area contributed by atoms with Crippen molar-refractivity contribution in [1.82, 2.24) is 0 Å².